The van der Waals surface area contributed by atoms with Gasteiger partial charge in [-0.3, -0.25) is 9.69 Å². The fourth-order valence-electron chi connectivity index (χ4n) is 2.46. The van der Waals surface area contributed by atoms with Gasteiger partial charge >= 0.3 is 0 Å². The lowest BCUT2D eigenvalue weighted by molar-refractivity contribution is -0.132. The summed E-state index contributed by atoms with van der Waals surface area (Å²) in [6.07, 6.45) is 2.96. The van der Waals surface area contributed by atoms with Crippen LogP contribution in [0.4, 0.5) is 0 Å². The number of carbonyl (C=O) groups excluding carboxylic acids is 1. The van der Waals surface area contributed by atoms with E-state index in [-0.39, 0.29) is 5.91 Å². The SMILES string of the molecule is CC(C)OCCN1CCN(C(=O)CNCC2CC2)CC1. The van der Waals surface area contributed by atoms with E-state index in [2.05, 4.69) is 24.1 Å². The van der Waals surface area contributed by atoms with E-state index in [0.29, 0.717) is 12.6 Å². The van der Waals surface area contributed by atoms with Crippen molar-refractivity contribution in [3.63, 3.8) is 0 Å². The van der Waals surface area contributed by atoms with Crippen LogP contribution in [0, 0.1) is 5.92 Å². The molecular formula is C15H29N3O2. The molecule has 1 aliphatic heterocycles. The predicted molar refractivity (Wildman–Crippen MR) is 79.7 cm³/mol. The summed E-state index contributed by atoms with van der Waals surface area (Å²) < 4.78 is 5.57. The molecule has 20 heavy (non-hydrogen) atoms. The number of carbonyl (C=O) groups is 1. The Kier molecular flexibility index (Phi) is 6.26. The summed E-state index contributed by atoms with van der Waals surface area (Å²) >= 11 is 0. The molecule has 5 nitrogen and oxygen atoms in total. The van der Waals surface area contributed by atoms with Crippen LogP contribution >= 0.6 is 0 Å². The zero-order valence-corrected chi connectivity index (χ0v) is 12.9. The van der Waals surface area contributed by atoms with E-state index in [1.165, 1.54) is 12.8 Å². The number of nitrogens with zero attached hydrogens (tertiary/aromatic N) is 2. The van der Waals surface area contributed by atoms with E-state index in [4.69, 9.17) is 4.74 Å². The van der Waals surface area contributed by atoms with Crippen LogP contribution in [0.5, 0.6) is 0 Å². The minimum atomic E-state index is 0.253. The maximum Gasteiger partial charge on any atom is 0.236 e. The van der Waals surface area contributed by atoms with Gasteiger partial charge in [0.1, 0.15) is 0 Å². The van der Waals surface area contributed by atoms with Crippen molar-refractivity contribution in [2.45, 2.75) is 32.8 Å². The fraction of sp³-hybridized carbons (Fsp3) is 0.933. The molecule has 0 spiro atoms. The molecule has 1 saturated carbocycles. The minimum absolute atomic E-state index is 0.253. The molecule has 0 radical (unpaired) electrons. The van der Waals surface area contributed by atoms with Crippen LogP contribution in [0.2, 0.25) is 0 Å². The predicted octanol–water partition coefficient (Wildman–Crippen LogP) is 0.555. The number of ether oxygens (including phenoxy) is 1. The second kappa shape index (κ2) is 7.96. The molecule has 1 heterocycles. The van der Waals surface area contributed by atoms with Crippen LogP contribution in [-0.4, -0.2) is 74.2 Å². The number of amides is 1. The Morgan fingerprint density at radius 3 is 2.55 bits per heavy atom. The average molecular weight is 283 g/mol. The molecule has 0 bridgehead atoms. The van der Waals surface area contributed by atoms with Crippen LogP contribution in [0.3, 0.4) is 0 Å². The molecule has 116 valence electrons. The maximum absolute atomic E-state index is 12.0. The quantitative estimate of drug-likeness (QED) is 0.707. The highest BCUT2D eigenvalue weighted by Gasteiger charge is 2.23. The number of rotatable bonds is 8. The summed E-state index contributed by atoms with van der Waals surface area (Å²) in [5.74, 6) is 1.09. The standard InChI is InChI=1S/C15H29N3O2/c1-13(2)20-10-9-17-5-7-18(8-6-17)15(19)12-16-11-14-3-4-14/h13-14,16H,3-12H2,1-2H3. The molecule has 2 fully saturated rings. The van der Waals surface area contributed by atoms with Crippen LogP contribution < -0.4 is 5.32 Å². The van der Waals surface area contributed by atoms with Crippen molar-refractivity contribution in [2.24, 2.45) is 5.92 Å². The largest absolute Gasteiger partial charge is 0.377 e. The summed E-state index contributed by atoms with van der Waals surface area (Å²) in [5, 5.41) is 3.28. The minimum Gasteiger partial charge on any atom is -0.377 e. The number of hydrogen-bond donors (Lipinski definition) is 1. The van der Waals surface area contributed by atoms with Gasteiger partial charge in [0.25, 0.3) is 0 Å². The zero-order chi connectivity index (χ0) is 14.4. The number of hydrogen-bond acceptors (Lipinski definition) is 4. The molecule has 2 aliphatic rings. The molecule has 2 rings (SSSR count). The summed E-state index contributed by atoms with van der Waals surface area (Å²) in [7, 11) is 0. The Morgan fingerprint density at radius 2 is 1.95 bits per heavy atom. The lowest BCUT2D eigenvalue weighted by Crippen LogP contribution is -2.51. The second-order valence-corrected chi connectivity index (χ2v) is 6.22. The monoisotopic (exact) mass is 283 g/mol. The maximum atomic E-state index is 12.0. The van der Waals surface area contributed by atoms with Gasteiger partial charge in [-0.1, -0.05) is 0 Å². The molecule has 0 aromatic heterocycles. The summed E-state index contributed by atoms with van der Waals surface area (Å²) in [5.41, 5.74) is 0. The van der Waals surface area contributed by atoms with Crippen molar-refractivity contribution < 1.29 is 9.53 Å². The fourth-order valence-corrected chi connectivity index (χ4v) is 2.46. The molecule has 0 aromatic carbocycles. The van der Waals surface area contributed by atoms with Crippen molar-refractivity contribution in [3.8, 4) is 0 Å². The second-order valence-electron chi connectivity index (χ2n) is 6.22. The van der Waals surface area contributed by atoms with Crippen LogP contribution in [0.25, 0.3) is 0 Å². The summed E-state index contributed by atoms with van der Waals surface area (Å²) in [6, 6.07) is 0. The van der Waals surface area contributed by atoms with Gasteiger partial charge in [0.2, 0.25) is 5.91 Å². The molecule has 1 saturated heterocycles. The molecule has 1 N–H and O–H groups in total. The molecule has 0 aromatic rings. The first-order valence-electron chi connectivity index (χ1n) is 7.97. The van der Waals surface area contributed by atoms with Crippen molar-refractivity contribution in [1.82, 2.24) is 15.1 Å². The van der Waals surface area contributed by atoms with E-state index >= 15 is 0 Å². The van der Waals surface area contributed by atoms with Crippen molar-refractivity contribution in [1.29, 1.82) is 0 Å². The number of nitrogens with one attached hydrogen (secondary N) is 1. The van der Waals surface area contributed by atoms with E-state index in [1.54, 1.807) is 0 Å². The normalized spacial score (nSPS) is 20.6. The van der Waals surface area contributed by atoms with Crippen LogP contribution in [0.1, 0.15) is 26.7 Å². The van der Waals surface area contributed by atoms with E-state index in [1.807, 2.05) is 4.90 Å². The van der Waals surface area contributed by atoms with Gasteiger partial charge in [0.15, 0.2) is 0 Å². The van der Waals surface area contributed by atoms with Crippen molar-refractivity contribution >= 4 is 5.91 Å². The smallest absolute Gasteiger partial charge is 0.236 e. The van der Waals surface area contributed by atoms with Crippen LogP contribution in [-0.2, 0) is 9.53 Å². The molecule has 5 heteroatoms. The van der Waals surface area contributed by atoms with Gasteiger partial charge in [-0.2, -0.15) is 0 Å². The Hall–Kier alpha value is -0.650. The highest BCUT2D eigenvalue weighted by atomic mass is 16.5. The van der Waals surface area contributed by atoms with E-state index in [9.17, 15) is 4.79 Å². The molecular weight excluding hydrogens is 254 g/mol. The van der Waals surface area contributed by atoms with Crippen molar-refractivity contribution in [2.75, 3.05) is 52.4 Å². The van der Waals surface area contributed by atoms with Gasteiger partial charge in [0.05, 0.1) is 19.3 Å². The first-order valence-corrected chi connectivity index (χ1v) is 7.97. The van der Waals surface area contributed by atoms with Gasteiger partial charge in [0, 0.05) is 32.7 Å². The summed E-state index contributed by atoms with van der Waals surface area (Å²) in [4.78, 5) is 16.4. The van der Waals surface area contributed by atoms with Crippen LogP contribution in [0.15, 0.2) is 0 Å². The molecule has 1 aliphatic carbocycles. The third-order valence-electron chi connectivity index (χ3n) is 3.99. The first kappa shape index (κ1) is 15.7. The lowest BCUT2D eigenvalue weighted by atomic mass is 10.3. The topological polar surface area (TPSA) is 44.8 Å². The van der Waals surface area contributed by atoms with Gasteiger partial charge < -0.3 is 15.0 Å². The Labute approximate surface area is 122 Å². The third-order valence-corrected chi connectivity index (χ3v) is 3.99. The number of piperazine rings is 1. The zero-order valence-electron chi connectivity index (χ0n) is 12.9. The highest BCUT2D eigenvalue weighted by Crippen LogP contribution is 2.27. The molecule has 0 atom stereocenters. The van der Waals surface area contributed by atoms with E-state index < -0.39 is 0 Å². The van der Waals surface area contributed by atoms with Gasteiger partial charge in [-0.15, -0.1) is 0 Å². The molecule has 1 amide bonds. The summed E-state index contributed by atoms with van der Waals surface area (Å²) in [6.45, 7) is 11.0. The first-order chi connectivity index (χ1) is 9.65. The van der Waals surface area contributed by atoms with E-state index in [0.717, 1.165) is 51.8 Å². The third kappa shape index (κ3) is 5.77. The average Bonchev–Trinajstić information content (AvgIpc) is 3.23. The lowest BCUT2D eigenvalue weighted by Gasteiger charge is -2.34. The molecule has 0 unspecified atom stereocenters. The highest BCUT2D eigenvalue weighted by molar-refractivity contribution is 5.78. The van der Waals surface area contributed by atoms with Crippen molar-refractivity contribution in [3.05, 3.63) is 0 Å². The van der Waals surface area contributed by atoms with Gasteiger partial charge in [-0.05, 0) is 39.2 Å². The Morgan fingerprint density at radius 1 is 1.25 bits per heavy atom. The Balaban J connectivity index is 1.54. The van der Waals surface area contributed by atoms with Gasteiger partial charge in [-0.25, -0.2) is 0 Å². The Bertz CT molecular complexity index is 297.